The van der Waals surface area contributed by atoms with Crippen molar-refractivity contribution in [1.82, 2.24) is 4.90 Å². The minimum absolute atomic E-state index is 0.0192. The maximum atomic E-state index is 13.3. The standard InChI is InChI=1S/C20H30FNO4/c21-17-6-5-7-18(12-17)26-16-20(24)14-22(10-11-25-15-20)13-19(23)8-3-1-2-4-9-19/h5-7,12,23-24H,1-4,8-11,13-16H2. The van der Waals surface area contributed by atoms with Crippen LogP contribution in [-0.2, 0) is 4.74 Å². The van der Waals surface area contributed by atoms with E-state index >= 15 is 0 Å². The molecule has 0 radical (unpaired) electrons. The summed E-state index contributed by atoms with van der Waals surface area (Å²) in [6.45, 7) is 2.27. The van der Waals surface area contributed by atoms with Gasteiger partial charge in [0.15, 0.2) is 0 Å². The van der Waals surface area contributed by atoms with Gasteiger partial charge in [0.05, 0.1) is 18.8 Å². The minimum Gasteiger partial charge on any atom is -0.490 e. The van der Waals surface area contributed by atoms with Crippen molar-refractivity contribution in [2.75, 3.05) is 39.5 Å². The highest BCUT2D eigenvalue weighted by Crippen LogP contribution is 2.29. The van der Waals surface area contributed by atoms with Crippen LogP contribution in [0, 0.1) is 5.82 Å². The number of rotatable bonds is 5. The average molecular weight is 367 g/mol. The number of nitrogens with zero attached hydrogens (tertiary/aromatic N) is 1. The van der Waals surface area contributed by atoms with Crippen LogP contribution in [0.15, 0.2) is 24.3 Å². The maximum Gasteiger partial charge on any atom is 0.134 e. The summed E-state index contributed by atoms with van der Waals surface area (Å²) in [7, 11) is 0. The van der Waals surface area contributed by atoms with E-state index in [0.29, 0.717) is 32.0 Å². The lowest BCUT2D eigenvalue weighted by Crippen LogP contribution is -2.52. The second-order valence-corrected chi connectivity index (χ2v) is 7.87. The molecule has 1 aromatic rings. The van der Waals surface area contributed by atoms with Gasteiger partial charge in [0.25, 0.3) is 0 Å². The van der Waals surface area contributed by atoms with E-state index in [9.17, 15) is 14.6 Å². The van der Waals surface area contributed by atoms with Gasteiger partial charge in [-0.1, -0.05) is 31.7 Å². The molecule has 6 heteroatoms. The first-order valence-electron chi connectivity index (χ1n) is 9.60. The summed E-state index contributed by atoms with van der Waals surface area (Å²) in [5.74, 6) is 0.0143. The molecule has 2 aliphatic rings. The van der Waals surface area contributed by atoms with Crippen LogP contribution in [0.3, 0.4) is 0 Å². The van der Waals surface area contributed by atoms with E-state index in [4.69, 9.17) is 9.47 Å². The summed E-state index contributed by atoms with van der Waals surface area (Å²) < 4.78 is 24.5. The lowest BCUT2D eigenvalue weighted by molar-refractivity contribution is -0.0733. The zero-order valence-electron chi connectivity index (χ0n) is 15.3. The predicted octanol–water partition coefficient (Wildman–Crippen LogP) is 2.35. The molecule has 1 saturated carbocycles. The zero-order chi connectivity index (χ0) is 18.5. The van der Waals surface area contributed by atoms with Gasteiger partial charge < -0.3 is 19.7 Å². The molecule has 1 atom stereocenters. The van der Waals surface area contributed by atoms with Crippen LogP contribution in [0.1, 0.15) is 38.5 Å². The zero-order valence-corrected chi connectivity index (χ0v) is 15.3. The fourth-order valence-electron chi connectivity index (χ4n) is 3.95. The van der Waals surface area contributed by atoms with E-state index < -0.39 is 11.2 Å². The number of ether oxygens (including phenoxy) is 2. The molecule has 26 heavy (non-hydrogen) atoms. The first-order valence-corrected chi connectivity index (χ1v) is 9.60. The van der Waals surface area contributed by atoms with Crippen LogP contribution in [0.4, 0.5) is 4.39 Å². The first kappa shape index (κ1) is 19.5. The topological polar surface area (TPSA) is 62.2 Å². The average Bonchev–Trinajstić information content (AvgIpc) is 2.92. The molecule has 1 aliphatic heterocycles. The normalized spacial score (nSPS) is 27.5. The van der Waals surface area contributed by atoms with Gasteiger partial charge >= 0.3 is 0 Å². The third-order valence-electron chi connectivity index (χ3n) is 5.30. The monoisotopic (exact) mass is 367 g/mol. The Morgan fingerprint density at radius 1 is 1.12 bits per heavy atom. The molecule has 0 spiro atoms. The van der Waals surface area contributed by atoms with Gasteiger partial charge in [0, 0.05) is 25.7 Å². The van der Waals surface area contributed by atoms with E-state index in [-0.39, 0.29) is 19.0 Å². The molecule has 2 fully saturated rings. The van der Waals surface area contributed by atoms with Crippen LogP contribution in [0.25, 0.3) is 0 Å². The SMILES string of the molecule is OC1(CN2CCOCC(O)(COc3cccc(F)c3)C2)CCCCCC1. The predicted molar refractivity (Wildman–Crippen MR) is 96.8 cm³/mol. The molecule has 1 saturated heterocycles. The molecule has 1 aliphatic carbocycles. The Balaban J connectivity index is 1.60. The largest absolute Gasteiger partial charge is 0.490 e. The minimum atomic E-state index is -1.19. The smallest absolute Gasteiger partial charge is 0.134 e. The number of aliphatic hydroxyl groups is 2. The van der Waals surface area contributed by atoms with Gasteiger partial charge in [-0.15, -0.1) is 0 Å². The molecular formula is C20H30FNO4. The summed E-state index contributed by atoms with van der Waals surface area (Å²) in [5.41, 5.74) is -1.88. The maximum absolute atomic E-state index is 13.3. The van der Waals surface area contributed by atoms with E-state index in [1.807, 2.05) is 0 Å². The molecule has 3 rings (SSSR count). The molecule has 1 unspecified atom stereocenters. The third kappa shape index (κ3) is 5.64. The number of hydrogen-bond donors (Lipinski definition) is 2. The summed E-state index contributed by atoms with van der Waals surface area (Å²) in [6.07, 6.45) is 6.07. The lowest BCUT2D eigenvalue weighted by atomic mass is 9.93. The number of β-amino-alcohol motifs (C(OH)–C–C–N with tert-alkyl or cyclic N) is 2. The van der Waals surface area contributed by atoms with Gasteiger partial charge in [-0.05, 0) is 25.0 Å². The summed E-state index contributed by atoms with van der Waals surface area (Å²) >= 11 is 0. The van der Waals surface area contributed by atoms with Gasteiger partial charge in [-0.3, -0.25) is 4.90 Å². The molecule has 0 amide bonds. The lowest BCUT2D eigenvalue weighted by Gasteiger charge is -2.36. The van der Waals surface area contributed by atoms with Crippen LogP contribution < -0.4 is 4.74 Å². The van der Waals surface area contributed by atoms with Crippen molar-refractivity contribution in [3.8, 4) is 5.75 Å². The molecule has 1 aromatic carbocycles. The fourth-order valence-corrected chi connectivity index (χ4v) is 3.95. The van der Waals surface area contributed by atoms with Crippen molar-refractivity contribution in [3.05, 3.63) is 30.1 Å². The number of benzene rings is 1. The van der Waals surface area contributed by atoms with E-state index in [2.05, 4.69) is 4.90 Å². The van der Waals surface area contributed by atoms with E-state index in [1.54, 1.807) is 12.1 Å². The molecule has 1 heterocycles. The third-order valence-corrected chi connectivity index (χ3v) is 5.30. The highest BCUT2D eigenvalue weighted by molar-refractivity contribution is 5.22. The van der Waals surface area contributed by atoms with Crippen molar-refractivity contribution in [2.45, 2.75) is 49.7 Å². The number of halogens is 1. The van der Waals surface area contributed by atoms with Crippen LogP contribution in [0.5, 0.6) is 5.75 Å². The van der Waals surface area contributed by atoms with E-state index in [0.717, 1.165) is 25.7 Å². The van der Waals surface area contributed by atoms with E-state index in [1.165, 1.54) is 25.0 Å². The summed E-state index contributed by atoms with van der Waals surface area (Å²) in [5, 5.41) is 21.9. The molecule has 5 nitrogen and oxygen atoms in total. The highest BCUT2D eigenvalue weighted by Gasteiger charge is 2.37. The quantitative estimate of drug-likeness (QED) is 0.783. The Kier molecular flexibility index (Phi) is 6.51. The first-order chi connectivity index (χ1) is 12.5. The van der Waals surface area contributed by atoms with Gasteiger partial charge in [0.1, 0.15) is 23.8 Å². The Bertz CT molecular complexity index is 577. The van der Waals surface area contributed by atoms with Gasteiger partial charge in [-0.25, -0.2) is 4.39 Å². The molecule has 2 N–H and O–H groups in total. The molecular weight excluding hydrogens is 337 g/mol. The Morgan fingerprint density at radius 3 is 2.62 bits per heavy atom. The Labute approximate surface area is 154 Å². The van der Waals surface area contributed by atoms with Crippen molar-refractivity contribution in [1.29, 1.82) is 0 Å². The Morgan fingerprint density at radius 2 is 1.88 bits per heavy atom. The van der Waals surface area contributed by atoms with Gasteiger partial charge in [0.2, 0.25) is 0 Å². The summed E-state index contributed by atoms with van der Waals surface area (Å²) in [6, 6.07) is 5.89. The highest BCUT2D eigenvalue weighted by atomic mass is 19.1. The molecule has 146 valence electrons. The fraction of sp³-hybridized carbons (Fsp3) is 0.700. The van der Waals surface area contributed by atoms with Crippen molar-refractivity contribution in [3.63, 3.8) is 0 Å². The van der Waals surface area contributed by atoms with Crippen LogP contribution in [-0.4, -0.2) is 65.8 Å². The molecule has 0 bridgehead atoms. The second-order valence-electron chi connectivity index (χ2n) is 7.87. The van der Waals surface area contributed by atoms with Crippen molar-refractivity contribution < 1.29 is 24.1 Å². The second kappa shape index (κ2) is 8.65. The molecule has 0 aromatic heterocycles. The Hall–Kier alpha value is -1.21. The van der Waals surface area contributed by atoms with Crippen LogP contribution >= 0.6 is 0 Å². The van der Waals surface area contributed by atoms with Crippen molar-refractivity contribution in [2.24, 2.45) is 0 Å². The number of hydrogen-bond acceptors (Lipinski definition) is 5. The van der Waals surface area contributed by atoms with Crippen LogP contribution in [0.2, 0.25) is 0 Å². The summed E-state index contributed by atoms with van der Waals surface area (Å²) in [4.78, 5) is 2.08. The van der Waals surface area contributed by atoms with Gasteiger partial charge in [-0.2, -0.15) is 0 Å². The van der Waals surface area contributed by atoms with Crippen molar-refractivity contribution >= 4 is 0 Å².